The predicted octanol–water partition coefficient (Wildman–Crippen LogP) is 2.10. The van der Waals surface area contributed by atoms with Gasteiger partial charge in [-0.25, -0.2) is 17.2 Å². The summed E-state index contributed by atoms with van der Waals surface area (Å²) in [6.07, 6.45) is 3.41. The zero-order valence-corrected chi connectivity index (χ0v) is 10.9. The molecule has 2 N–H and O–H groups in total. The van der Waals surface area contributed by atoms with Crippen LogP contribution in [-0.4, -0.2) is 14.7 Å². The lowest BCUT2D eigenvalue weighted by atomic mass is 9.88. The van der Waals surface area contributed by atoms with Crippen LogP contribution in [0.15, 0.2) is 17.0 Å². The minimum absolute atomic E-state index is 0.289. The van der Waals surface area contributed by atoms with E-state index in [-0.39, 0.29) is 5.56 Å². The van der Waals surface area contributed by atoms with E-state index < -0.39 is 31.9 Å². The van der Waals surface area contributed by atoms with Gasteiger partial charge >= 0.3 is 0 Å². The lowest BCUT2D eigenvalue weighted by Crippen LogP contribution is -2.35. The Morgan fingerprint density at radius 2 is 1.78 bits per heavy atom. The molecule has 0 bridgehead atoms. The van der Waals surface area contributed by atoms with Gasteiger partial charge in [0.2, 0.25) is 0 Å². The standard InChI is InChI=1S/C12H15F2NO2S/c1-18(16,17)9-5-4-8(13)10(11(9)14)12(15)6-2-3-7-12/h4-5H,2-3,6-7,15H2,1H3. The van der Waals surface area contributed by atoms with Crippen molar-refractivity contribution in [1.29, 1.82) is 0 Å². The van der Waals surface area contributed by atoms with Crippen LogP contribution in [0, 0.1) is 11.6 Å². The molecule has 0 atom stereocenters. The summed E-state index contributed by atoms with van der Waals surface area (Å²) in [7, 11) is -3.73. The van der Waals surface area contributed by atoms with E-state index in [4.69, 9.17) is 5.73 Å². The van der Waals surface area contributed by atoms with Crippen LogP contribution >= 0.6 is 0 Å². The number of halogens is 2. The van der Waals surface area contributed by atoms with E-state index in [1.165, 1.54) is 0 Å². The smallest absolute Gasteiger partial charge is 0.178 e. The molecule has 1 aromatic rings. The molecule has 18 heavy (non-hydrogen) atoms. The maximum atomic E-state index is 14.2. The summed E-state index contributed by atoms with van der Waals surface area (Å²) >= 11 is 0. The highest BCUT2D eigenvalue weighted by Gasteiger charge is 2.37. The van der Waals surface area contributed by atoms with Gasteiger partial charge in [0.1, 0.15) is 16.5 Å². The van der Waals surface area contributed by atoms with Crippen LogP contribution in [-0.2, 0) is 15.4 Å². The fourth-order valence-corrected chi connectivity index (χ4v) is 3.27. The Balaban J connectivity index is 2.67. The first-order valence-electron chi connectivity index (χ1n) is 5.73. The quantitative estimate of drug-likeness (QED) is 0.841. The third kappa shape index (κ3) is 2.14. The second-order valence-electron chi connectivity index (χ2n) is 4.87. The van der Waals surface area contributed by atoms with Gasteiger partial charge < -0.3 is 5.73 Å². The van der Waals surface area contributed by atoms with Crippen molar-refractivity contribution in [1.82, 2.24) is 0 Å². The van der Waals surface area contributed by atoms with Gasteiger partial charge in [-0.05, 0) is 25.0 Å². The highest BCUT2D eigenvalue weighted by molar-refractivity contribution is 7.90. The molecule has 1 aliphatic rings. The molecule has 1 fully saturated rings. The van der Waals surface area contributed by atoms with E-state index in [1.807, 2.05) is 0 Å². The molecular formula is C12H15F2NO2S. The molecular weight excluding hydrogens is 260 g/mol. The minimum Gasteiger partial charge on any atom is -0.321 e. The Morgan fingerprint density at radius 1 is 1.22 bits per heavy atom. The van der Waals surface area contributed by atoms with Crippen LogP contribution in [0.4, 0.5) is 8.78 Å². The Morgan fingerprint density at radius 3 is 2.28 bits per heavy atom. The fraction of sp³-hybridized carbons (Fsp3) is 0.500. The second kappa shape index (κ2) is 4.28. The molecule has 3 nitrogen and oxygen atoms in total. The summed E-state index contributed by atoms with van der Waals surface area (Å²) in [5.74, 6) is -1.81. The average molecular weight is 275 g/mol. The van der Waals surface area contributed by atoms with Gasteiger partial charge in [-0.1, -0.05) is 12.8 Å². The SMILES string of the molecule is CS(=O)(=O)c1ccc(F)c(C2(N)CCCC2)c1F. The van der Waals surface area contributed by atoms with E-state index in [0.717, 1.165) is 31.2 Å². The minimum atomic E-state index is -3.73. The molecule has 0 aromatic heterocycles. The lowest BCUT2D eigenvalue weighted by Gasteiger charge is -2.25. The maximum absolute atomic E-state index is 14.2. The normalized spacial score (nSPS) is 19.1. The zero-order valence-electron chi connectivity index (χ0n) is 10.0. The summed E-state index contributed by atoms with van der Waals surface area (Å²) in [6.45, 7) is 0. The van der Waals surface area contributed by atoms with E-state index in [2.05, 4.69) is 0 Å². The first-order valence-corrected chi connectivity index (χ1v) is 7.62. The van der Waals surface area contributed by atoms with E-state index >= 15 is 0 Å². The van der Waals surface area contributed by atoms with E-state index in [0.29, 0.717) is 12.8 Å². The topological polar surface area (TPSA) is 60.2 Å². The van der Waals surface area contributed by atoms with Crippen molar-refractivity contribution in [3.8, 4) is 0 Å². The molecule has 1 saturated carbocycles. The Labute approximate surface area is 105 Å². The molecule has 0 radical (unpaired) electrons. The summed E-state index contributed by atoms with van der Waals surface area (Å²) in [4.78, 5) is -0.490. The summed E-state index contributed by atoms with van der Waals surface area (Å²) < 4.78 is 50.9. The highest BCUT2D eigenvalue weighted by atomic mass is 32.2. The molecule has 0 aliphatic heterocycles. The fourth-order valence-electron chi connectivity index (χ4n) is 2.53. The number of nitrogens with two attached hydrogens (primary N) is 1. The first-order chi connectivity index (χ1) is 8.26. The predicted molar refractivity (Wildman–Crippen MR) is 63.8 cm³/mol. The van der Waals surface area contributed by atoms with Gasteiger partial charge in [-0.3, -0.25) is 0 Å². The molecule has 1 aromatic carbocycles. The number of rotatable bonds is 2. The maximum Gasteiger partial charge on any atom is 0.178 e. The van der Waals surface area contributed by atoms with Gasteiger partial charge in [0.25, 0.3) is 0 Å². The number of benzene rings is 1. The second-order valence-corrected chi connectivity index (χ2v) is 6.85. The molecule has 0 saturated heterocycles. The van der Waals surface area contributed by atoms with Crippen LogP contribution < -0.4 is 5.73 Å². The third-order valence-electron chi connectivity index (χ3n) is 3.45. The lowest BCUT2D eigenvalue weighted by molar-refractivity contribution is 0.398. The average Bonchev–Trinajstić information content (AvgIpc) is 2.63. The largest absolute Gasteiger partial charge is 0.321 e. The summed E-state index contributed by atoms with van der Waals surface area (Å²) in [5.41, 5.74) is 4.64. The first kappa shape index (κ1) is 13.4. The highest BCUT2D eigenvalue weighted by Crippen LogP contribution is 2.40. The molecule has 1 aliphatic carbocycles. The molecule has 100 valence electrons. The van der Waals surface area contributed by atoms with Crippen molar-refractivity contribution < 1.29 is 17.2 Å². The third-order valence-corrected chi connectivity index (χ3v) is 4.56. The van der Waals surface area contributed by atoms with Crippen molar-refractivity contribution in [3.63, 3.8) is 0 Å². The van der Waals surface area contributed by atoms with Gasteiger partial charge in [0.15, 0.2) is 9.84 Å². The zero-order chi connectivity index (χ0) is 13.6. The van der Waals surface area contributed by atoms with Crippen LogP contribution in [0.2, 0.25) is 0 Å². The summed E-state index contributed by atoms with van der Waals surface area (Å²) in [5, 5.41) is 0. The molecule has 6 heteroatoms. The van der Waals surface area contributed by atoms with E-state index in [1.54, 1.807) is 0 Å². The molecule has 0 amide bonds. The van der Waals surface area contributed by atoms with Crippen LogP contribution in [0.3, 0.4) is 0 Å². The molecule has 0 unspecified atom stereocenters. The molecule has 2 rings (SSSR count). The van der Waals surface area contributed by atoms with Gasteiger partial charge in [-0.15, -0.1) is 0 Å². The van der Waals surface area contributed by atoms with Crippen molar-refractivity contribution >= 4 is 9.84 Å². The Kier molecular flexibility index (Phi) is 3.19. The van der Waals surface area contributed by atoms with Gasteiger partial charge in [0.05, 0.1) is 0 Å². The van der Waals surface area contributed by atoms with Crippen molar-refractivity contribution in [3.05, 3.63) is 29.3 Å². The number of hydrogen-bond acceptors (Lipinski definition) is 3. The van der Waals surface area contributed by atoms with Gasteiger partial charge in [-0.2, -0.15) is 0 Å². The monoisotopic (exact) mass is 275 g/mol. The van der Waals surface area contributed by atoms with Crippen molar-refractivity contribution in [2.45, 2.75) is 36.1 Å². The Hall–Kier alpha value is -1.01. The van der Waals surface area contributed by atoms with Crippen LogP contribution in [0.1, 0.15) is 31.2 Å². The molecule has 0 heterocycles. The Bertz CT molecular complexity index is 578. The van der Waals surface area contributed by atoms with Gasteiger partial charge in [0, 0.05) is 17.4 Å². The molecule has 0 spiro atoms. The summed E-state index contributed by atoms with van der Waals surface area (Å²) in [6, 6.07) is 1.92. The van der Waals surface area contributed by atoms with Crippen LogP contribution in [0.5, 0.6) is 0 Å². The van der Waals surface area contributed by atoms with Crippen LogP contribution in [0.25, 0.3) is 0 Å². The van der Waals surface area contributed by atoms with Crippen molar-refractivity contribution in [2.24, 2.45) is 5.73 Å². The van der Waals surface area contributed by atoms with Crippen molar-refractivity contribution in [2.75, 3.05) is 6.26 Å². The van der Waals surface area contributed by atoms with E-state index in [9.17, 15) is 17.2 Å². The number of hydrogen-bond donors (Lipinski definition) is 1. The number of sulfone groups is 1.